The minimum Gasteiger partial charge on any atom is -0.380 e. The lowest BCUT2D eigenvalue weighted by Gasteiger charge is -2.46. The van der Waals surface area contributed by atoms with Crippen LogP contribution in [0.4, 0.5) is 10.1 Å². The quantitative estimate of drug-likeness (QED) is 0.322. The fourth-order valence-electron chi connectivity index (χ4n) is 5.58. The van der Waals surface area contributed by atoms with E-state index in [0.717, 1.165) is 49.9 Å². The van der Waals surface area contributed by atoms with Gasteiger partial charge in [-0.05, 0) is 37.1 Å². The lowest BCUT2D eigenvalue weighted by atomic mass is 10.0. The molecule has 1 atom stereocenters. The largest absolute Gasteiger partial charge is 0.380 e. The highest BCUT2D eigenvalue weighted by molar-refractivity contribution is 6.24. The monoisotopic (exact) mass is 551 g/mol. The highest BCUT2D eigenvalue weighted by atomic mass is 19.1. The number of rotatable bonds is 11. The Bertz CT molecular complexity index is 1290. The number of carbonyl (C=O) groups excluding carboxylic acids is 4. The van der Waals surface area contributed by atoms with Gasteiger partial charge in [0, 0.05) is 69.0 Å². The zero-order chi connectivity index (χ0) is 28.2. The molecule has 2 saturated heterocycles. The maximum Gasteiger partial charge on any atom is 0.263 e. The van der Waals surface area contributed by atoms with Crippen molar-refractivity contribution in [2.75, 3.05) is 44.7 Å². The van der Waals surface area contributed by atoms with Crippen molar-refractivity contribution in [2.45, 2.75) is 44.9 Å². The number of anilines is 1. The molecule has 11 heteroatoms. The molecule has 3 aliphatic heterocycles. The number of carbonyl (C=O) groups is 4. The predicted molar refractivity (Wildman–Crippen MR) is 145 cm³/mol. The Morgan fingerprint density at radius 3 is 2.65 bits per heavy atom. The van der Waals surface area contributed by atoms with Gasteiger partial charge in [0.25, 0.3) is 11.8 Å². The maximum absolute atomic E-state index is 15.0. The van der Waals surface area contributed by atoms with Crippen LogP contribution < -0.4 is 10.6 Å². The number of morpholine rings is 1. The number of amides is 4. The van der Waals surface area contributed by atoms with E-state index in [0.29, 0.717) is 30.2 Å². The smallest absolute Gasteiger partial charge is 0.263 e. The first-order chi connectivity index (χ1) is 19.4. The number of likely N-dealkylation sites (tertiary alicyclic amines) is 1. The number of imide groups is 2. The lowest BCUT2D eigenvalue weighted by Crippen LogP contribution is -2.60. The molecule has 1 unspecified atom stereocenters. The van der Waals surface area contributed by atoms with Gasteiger partial charge < -0.3 is 10.1 Å². The molecule has 2 aromatic carbocycles. The van der Waals surface area contributed by atoms with Gasteiger partial charge in [0.05, 0.1) is 24.3 Å². The van der Waals surface area contributed by atoms with E-state index in [1.54, 1.807) is 37.3 Å². The van der Waals surface area contributed by atoms with Crippen LogP contribution in [0.15, 0.2) is 36.4 Å². The minimum atomic E-state index is -0.543. The molecule has 2 aromatic rings. The van der Waals surface area contributed by atoms with Crippen molar-refractivity contribution in [2.24, 2.45) is 0 Å². The molecule has 0 aliphatic carbocycles. The molecule has 0 saturated carbocycles. The number of halogens is 1. The number of ether oxygens (including phenoxy) is 1. The molecule has 10 nitrogen and oxygen atoms in total. The van der Waals surface area contributed by atoms with Gasteiger partial charge in [0.2, 0.25) is 12.3 Å². The fraction of sp³-hybridized carbons (Fsp3) is 0.448. The maximum atomic E-state index is 15.0. The summed E-state index contributed by atoms with van der Waals surface area (Å²) in [5.41, 5.74) is 2.32. The molecule has 212 valence electrons. The molecule has 2 fully saturated rings. The highest BCUT2D eigenvalue weighted by Crippen LogP contribution is 2.32. The van der Waals surface area contributed by atoms with Gasteiger partial charge in [-0.25, -0.2) is 4.39 Å². The summed E-state index contributed by atoms with van der Waals surface area (Å²) in [6.45, 7) is 7.98. The van der Waals surface area contributed by atoms with Gasteiger partial charge in [-0.1, -0.05) is 18.2 Å². The SMILES string of the molecule is CC(CCC(=O)NC=O)N1C(=O)c2cccc(NCc3ccc(CN4CC(N5CCOCC5)C4)cc3F)c2C1=O. The zero-order valence-corrected chi connectivity index (χ0v) is 22.5. The van der Waals surface area contributed by atoms with Gasteiger partial charge in [-0.3, -0.25) is 39.2 Å². The molecule has 4 amide bonds. The van der Waals surface area contributed by atoms with E-state index in [-0.39, 0.29) is 36.3 Å². The topological polar surface area (TPSA) is 111 Å². The zero-order valence-electron chi connectivity index (χ0n) is 22.5. The van der Waals surface area contributed by atoms with E-state index in [4.69, 9.17) is 4.74 Å². The van der Waals surface area contributed by atoms with Crippen LogP contribution in [0.3, 0.4) is 0 Å². The molecule has 2 N–H and O–H groups in total. The van der Waals surface area contributed by atoms with Gasteiger partial charge >= 0.3 is 0 Å². The number of hydrogen-bond acceptors (Lipinski definition) is 8. The van der Waals surface area contributed by atoms with Crippen molar-refractivity contribution in [1.82, 2.24) is 20.0 Å². The van der Waals surface area contributed by atoms with E-state index < -0.39 is 23.8 Å². The Hall–Kier alpha value is -3.67. The summed E-state index contributed by atoms with van der Waals surface area (Å²) in [7, 11) is 0. The predicted octanol–water partition coefficient (Wildman–Crippen LogP) is 1.99. The molecule has 5 rings (SSSR count). The first kappa shape index (κ1) is 27.9. The molecule has 3 heterocycles. The Morgan fingerprint density at radius 1 is 1.15 bits per heavy atom. The second kappa shape index (κ2) is 12.2. The highest BCUT2D eigenvalue weighted by Gasteiger charge is 2.40. The third kappa shape index (κ3) is 5.91. The van der Waals surface area contributed by atoms with Gasteiger partial charge in [-0.15, -0.1) is 0 Å². The Kier molecular flexibility index (Phi) is 8.53. The third-order valence-electron chi connectivity index (χ3n) is 7.89. The molecule has 0 spiro atoms. The molecule has 3 aliphatic rings. The number of benzene rings is 2. The second-order valence-corrected chi connectivity index (χ2v) is 10.6. The van der Waals surface area contributed by atoms with Crippen LogP contribution in [0.25, 0.3) is 0 Å². The first-order valence-electron chi connectivity index (χ1n) is 13.6. The van der Waals surface area contributed by atoms with E-state index in [9.17, 15) is 19.2 Å². The minimum absolute atomic E-state index is 0.0000937. The van der Waals surface area contributed by atoms with Crippen molar-refractivity contribution in [3.05, 3.63) is 64.5 Å². The molecule has 0 radical (unpaired) electrons. The average molecular weight is 552 g/mol. The Balaban J connectivity index is 1.18. The summed E-state index contributed by atoms with van der Waals surface area (Å²) in [5, 5.41) is 5.19. The first-order valence-corrected chi connectivity index (χ1v) is 13.6. The molecule has 40 heavy (non-hydrogen) atoms. The van der Waals surface area contributed by atoms with Gasteiger partial charge in [0.1, 0.15) is 5.82 Å². The van der Waals surface area contributed by atoms with Crippen LogP contribution in [0.2, 0.25) is 0 Å². The summed E-state index contributed by atoms with van der Waals surface area (Å²) in [6.07, 6.45) is 0.522. The summed E-state index contributed by atoms with van der Waals surface area (Å²) < 4.78 is 20.4. The Labute approximate surface area is 232 Å². The van der Waals surface area contributed by atoms with E-state index >= 15 is 4.39 Å². The summed E-state index contributed by atoms with van der Waals surface area (Å²) >= 11 is 0. The summed E-state index contributed by atoms with van der Waals surface area (Å²) in [6, 6.07) is 10.2. The van der Waals surface area contributed by atoms with Crippen LogP contribution in [-0.2, 0) is 27.4 Å². The van der Waals surface area contributed by atoms with Crippen LogP contribution >= 0.6 is 0 Å². The summed E-state index contributed by atoms with van der Waals surface area (Å²) in [4.78, 5) is 54.2. The lowest BCUT2D eigenvalue weighted by molar-refractivity contribution is -0.125. The van der Waals surface area contributed by atoms with E-state index in [1.165, 1.54) is 0 Å². The van der Waals surface area contributed by atoms with Crippen molar-refractivity contribution < 1.29 is 28.3 Å². The second-order valence-electron chi connectivity index (χ2n) is 10.6. The van der Waals surface area contributed by atoms with Crippen molar-refractivity contribution in [1.29, 1.82) is 0 Å². The molecular formula is C29H34FN5O5. The molecule has 0 bridgehead atoms. The number of nitrogens with zero attached hydrogens (tertiary/aromatic N) is 3. The number of nitrogens with one attached hydrogen (secondary N) is 2. The van der Waals surface area contributed by atoms with Crippen LogP contribution in [-0.4, -0.2) is 90.3 Å². The number of hydrogen-bond donors (Lipinski definition) is 2. The normalized spacial score (nSPS) is 18.8. The van der Waals surface area contributed by atoms with Crippen molar-refractivity contribution >= 4 is 29.8 Å². The van der Waals surface area contributed by atoms with Crippen LogP contribution in [0.5, 0.6) is 0 Å². The molecular weight excluding hydrogens is 517 g/mol. The van der Waals surface area contributed by atoms with Gasteiger partial charge in [0.15, 0.2) is 0 Å². The standard InChI is InChI=1S/C29H34FN5O5/c1-19(5-8-26(37)32-18-36)35-28(38)23-3-2-4-25(27(23)29(35)39)31-14-21-7-6-20(13-24(21)30)15-33-16-22(17-33)34-9-11-40-12-10-34/h2-4,6-7,13,18-19,22,31H,5,8-12,14-17H2,1H3,(H,32,36,37). The van der Waals surface area contributed by atoms with Crippen molar-refractivity contribution in [3.8, 4) is 0 Å². The van der Waals surface area contributed by atoms with E-state index in [2.05, 4.69) is 20.4 Å². The third-order valence-corrected chi connectivity index (χ3v) is 7.89. The van der Waals surface area contributed by atoms with Crippen molar-refractivity contribution in [3.63, 3.8) is 0 Å². The van der Waals surface area contributed by atoms with E-state index in [1.807, 2.05) is 6.07 Å². The van der Waals surface area contributed by atoms with Crippen LogP contribution in [0.1, 0.15) is 51.6 Å². The van der Waals surface area contributed by atoms with Gasteiger partial charge in [-0.2, -0.15) is 0 Å². The average Bonchev–Trinajstić information content (AvgIpc) is 3.19. The Morgan fingerprint density at radius 2 is 1.93 bits per heavy atom. The fourth-order valence-corrected chi connectivity index (χ4v) is 5.58. The molecule has 0 aromatic heterocycles. The summed E-state index contributed by atoms with van der Waals surface area (Å²) in [5.74, 6) is -1.71. The number of fused-ring (bicyclic) bond motifs is 1. The van der Waals surface area contributed by atoms with Crippen LogP contribution in [0, 0.1) is 5.82 Å².